The number of hydrogen-bond acceptors (Lipinski definition) is 8. The first-order chi connectivity index (χ1) is 29.8. The zero-order chi connectivity index (χ0) is 44.4. The van der Waals surface area contributed by atoms with Gasteiger partial charge in [-0.15, -0.1) is 0 Å². The Bertz CT molecular complexity index is 1310. The molecule has 1 amide bonds. The van der Waals surface area contributed by atoms with Crippen LogP contribution in [-0.2, 0) is 14.3 Å². The van der Waals surface area contributed by atoms with E-state index in [-0.39, 0.29) is 12.5 Å². The van der Waals surface area contributed by atoms with Gasteiger partial charge in [0.25, 0.3) is 0 Å². The molecule has 7 atom stereocenters. The third kappa shape index (κ3) is 31.4. The molecule has 1 saturated heterocycles. The number of carbonyl (C=O) groups is 1. The fourth-order valence-corrected chi connectivity index (χ4v) is 6.56. The molecule has 0 aromatic carbocycles. The molecule has 1 aliphatic rings. The van der Waals surface area contributed by atoms with Gasteiger partial charge >= 0.3 is 0 Å². The molecule has 0 aromatic heterocycles. The lowest BCUT2D eigenvalue weighted by atomic mass is 9.99. The molecule has 1 fully saturated rings. The van der Waals surface area contributed by atoms with E-state index in [1.165, 1.54) is 32.1 Å². The zero-order valence-corrected chi connectivity index (χ0v) is 37.9. The van der Waals surface area contributed by atoms with Crippen molar-refractivity contribution >= 4 is 5.91 Å². The molecule has 1 rings (SSSR count). The molecule has 0 saturated carbocycles. The minimum atomic E-state index is -1.58. The van der Waals surface area contributed by atoms with Crippen LogP contribution in [0.1, 0.15) is 155 Å². The van der Waals surface area contributed by atoms with E-state index in [0.717, 1.165) is 103 Å². The van der Waals surface area contributed by atoms with E-state index < -0.39 is 49.5 Å². The summed E-state index contributed by atoms with van der Waals surface area (Å²) in [7, 11) is 0. The molecule has 7 unspecified atom stereocenters. The second kappa shape index (κ2) is 40.9. The Morgan fingerprint density at radius 2 is 1.03 bits per heavy atom. The lowest BCUT2D eigenvalue weighted by molar-refractivity contribution is -0.302. The van der Waals surface area contributed by atoms with Crippen molar-refractivity contribution in [2.45, 2.75) is 198 Å². The molecule has 346 valence electrons. The van der Waals surface area contributed by atoms with Crippen LogP contribution >= 0.6 is 0 Å². The number of aliphatic hydroxyl groups is 5. The van der Waals surface area contributed by atoms with Crippen LogP contribution in [0.5, 0.6) is 0 Å². The van der Waals surface area contributed by atoms with Gasteiger partial charge in [0.15, 0.2) is 6.29 Å². The summed E-state index contributed by atoms with van der Waals surface area (Å²) < 4.78 is 11.2. The monoisotopic (exact) mass is 852 g/mol. The number of carbonyl (C=O) groups excluding carboxylic acids is 1. The largest absolute Gasteiger partial charge is 0.394 e. The quantitative estimate of drug-likeness (QED) is 0.0267. The van der Waals surface area contributed by atoms with Crippen molar-refractivity contribution in [1.82, 2.24) is 5.32 Å². The van der Waals surface area contributed by atoms with Crippen LogP contribution in [0.25, 0.3) is 0 Å². The van der Waals surface area contributed by atoms with Gasteiger partial charge in [-0.3, -0.25) is 4.79 Å². The normalized spacial score (nSPS) is 21.5. The van der Waals surface area contributed by atoms with Crippen LogP contribution in [-0.4, -0.2) is 87.5 Å². The average molecular weight is 852 g/mol. The number of allylic oxidation sites excluding steroid dienone is 17. The molecule has 1 heterocycles. The van der Waals surface area contributed by atoms with Gasteiger partial charge in [-0.05, 0) is 89.9 Å². The lowest BCUT2D eigenvalue weighted by Crippen LogP contribution is -2.60. The Hall–Kier alpha value is -3.15. The smallest absolute Gasteiger partial charge is 0.220 e. The first-order valence-corrected chi connectivity index (χ1v) is 23.6. The molecule has 9 nitrogen and oxygen atoms in total. The summed E-state index contributed by atoms with van der Waals surface area (Å²) in [6, 6.07) is -0.838. The summed E-state index contributed by atoms with van der Waals surface area (Å²) in [5.41, 5.74) is 0. The molecule has 0 bridgehead atoms. The van der Waals surface area contributed by atoms with E-state index in [4.69, 9.17) is 9.47 Å². The molecular formula is C52H85NO8. The van der Waals surface area contributed by atoms with E-state index in [0.29, 0.717) is 6.42 Å². The number of amides is 1. The predicted molar refractivity (Wildman–Crippen MR) is 253 cm³/mol. The third-order valence-electron chi connectivity index (χ3n) is 10.3. The maximum absolute atomic E-state index is 12.9. The van der Waals surface area contributed by atoms with Gasteiger partial charge in [0.2, 0.25) is 5.91 Å². The number of aliphatic hydroxyl groups excluding tert-OH is 5. The Morgan fingerprint density at radius 1 is 0.574 bits per heavy atom. The molecule has 6 N–H and O–H groups in total. The number of ether oxygens (including phenoxy) is 2. The molecule has 9 heteroatoms. The van der Waals surface area contributed by atoms with Crippen LogP contribution in [0.2, 0.25) is 0 Å². The zero-order valence-electron chi connectivity index (χ0n) is 37.9. The summed E-state index contributed by atoms with van der Waals surface area (Å²) in [5.74, 6) is -0.214. The third-order valence-corrected chi connectivity index (χ3v) is 10.3. The van der Waals surface area contributed by atoms with Crippen molar-refractivity contribution in [2.75, 3.05) is 13.2 Å². The summed E-state index contributed by atoms with van der Waals surface area (Å²) in [6.45, 7) is 3.57. The Balaban J connectivity index is 2.32. The van der Waals surface area contributed by atoms with Crippen LogP contribution in [0.3, 0.4) is 0 Å². The van der Waals surface area contributed by atoms with Crippen molar-refractivity contribution < 1.29 is 39.8 Å². The van der Waals surface area contributed by atoms with Crippen LogP contribution in [0.4, 0.5) is 0 Å². The van der Waals surface area contributed by atoms with Gasteiger partial charge < -0.3 is 40.3 Å². The Labute approximate surface area is 370 Å². The number of nitrogens with one attached hydrogen (secondary N) is 1. The van der Waals surface area contributed by atoms with E-state index >= 15 is 0 Å². The lowest BCUT2D eigenvalue weighted by Gasteiger charge is -2.40. The molecular weight excluding hydrogens is 767 g/mol. The predicted octanol–water partition coefficient (Wildman–Crippen LogP) is 10.3. The van der Waals surface area contributed by atoms with Crippen molar-refractivity contribution in [1.29, 1.82) is 0 Å². The molecule has 0 aliphatic carbocycles. The Morgan fingerprint density at radius 3 is 1.57 bits per heavy atom. The number of rotatable bonds is 37. The van der Waals surface area contributed by atoms with Gasteiger partial charge in [0.05, 0.1) is 25.4 Å². The fourth-order valence-electron chi connectivity index (χ4n) is 6.56. The van der Waals surface area contributed by atoms with E-state index in [1.807, 2.05) is 6.08 Å². The second-order valence-electron chi connectivity index (χ2n) is 15.8. The summed E-state index contributed by atoms with van der Waals surface area (Å²) in [4.78, 5) is 12.9. The topological polar surface area (TPSA) is 149 Å². The van der Waals surface area contributed by atoms with Crippen LogP contribution in [0, 0.1) is 0 Å². The van der Waals surface area contributed by atoms with E-state index in [1.54, 1.807) is 6.08 Å². The SMILES string of the molecule is CC/C=C\C/C=C\C/C=C\C/C=C\C/C=C\C/C=C\C/C=C\CCCCCCCC(=O)NC(COC1OC(CO)C(O)C(O)C1O)C(O)/C=C/CC/C=C/CCCCCCC. The second-order valence-corrected chi connectivity index (χ2v) is 15.8. The number of hydrogen-bond donors (Lipinski definition) is 6. The summed E-state index contributed by atoms with van der Waals surface area (Å²) >= 11 is 0. The minimum absolute atomic E-state index is 0.214. The summed E-state index contributed by atoms with van der Waals surface area (Å²) in [5, 5.41) is 54.1. The first-order valence-electron chi connectivity index (χ1n) is 23.6. The van der Waals surface area contributed by atoms with E-state index in [9.17, 15) is 30.3 Å². The molecule has 0 aromatic rings. The molecule has 1 aliphatic heterocycles. The van der Waals surface area contributed by atoms with Gasteiger partial charge in [0, 0.05) is 6.42 Å². The van der Waals surface area contributed by atoms with Crippen molar-refractivity contribution in [3.63, 3.8) is 0 Å². The first kappa shape index (κ1) is 55.9. The van der Waals surface area contributed by atoms with Gasteiger partial charge in [-0.2, -0.15) is 0 Å². The van der Waals surface area contributed by atoms with Crippen molar-refractivity contribution in [2.24, 2.45) is 0 Å². The molecule has 61 heavy (non-hydrogen) atoms. The summed E-state index contributed by atoms with van der Waals surface area (Å²) in [6.07, 6.45) is 52.8. The van der Waals surface area contributed by atoms with Crippen molar-refractivity contribution in [3.05, 3.63) is 109 Å². The number of unbranched alkanes of at least 4 members (excludes halogenated alkanes) is 11. The highest BCUT2D eigenvalue weighted by Crippen LogP contribution is 2.22. The maximum Gasteiger partial charge on any atom is 0.220 e. The van der Waals surface area contributed by atoms with Gasteiger partial charge in [-0.25, -0.2) is 0 Å². The van der Waals surface area contributed by atoms with Crippen molar-refractivity contribution in [3.8, 4) is 0 Å². The minimum Gasteiger partial charge on any atom is -0.394 e. The maximum atomic E-state index is 12.9. The van der Waals surface area contributed by atoms with Gasteiger partial charge in [-0.1, -0.05) is 168 Å². The highest BCUT2D eigenvalue weighted by atomic mass is 16.7. The average Bonchev–Trinajstić information content (AvgIpc) is 3.26. The highest BCUT2D eigenvalue weighted by molar-refractivity contribution is 5.76. The van der Waals surface area contributed by atoms with Gasteiger partial charge in [0.1, 0.15) is 24.4 Å². The fraction of sp³-hybridized carbons (Fsp3) is 0.635. The highest BCUT2D eigenvalue weighted by Gasteiger charge is 2.44. The van der Waals surface area contributed by atoms with Crippen LogP contribution in [0.15, 0.2) is 109 Å². The van der Waals surface area contributed by atoms with Crippen LogP contribution < -0.4 is 5.32 Å². The molecule has 0 spiro atoms. The molecule has 0 radical (unpaired) electrons. The Kier molecular flexibility index (Phi) is 37.5. The standard InChI is InChI=1S/C52H85NO8/c1-3-5-7-9-11-13-15-16-17-18-19-20-21-22-23-24-25-26-27-28-29-30-32-34-36-38-40-42-48(56)53-45(44-60-52-51(59)50(58)49(57)47(43-54)61-52)46(55)41-39-37-35-33-31-14-12-10-8-6-4-2/h5,7,11,13,16-17,19-20,22-23,25-26,28-29,31,33,39,41,45-47,49-52,54-55,57-59H,3-4,6,8-10,12,14-15,18,21,24,27,30,32,34-38,40,42-44H2,1-2H3,(H,53,56)/b7-5-,13-11-,17-16-,20-19-,23-22-,26-25-,29-28-,33-31+,41-39+. The van der Waals surface area contributed by atoms with E-state index in [2.05, 4.69) is 116 Å².